The molecule has 4 unspecified atom stereocenters. The molecule has 0 radical (unpaired) electrons. The minimum atomic E-state index is -0.167. The molecule has 5 atom stereocenters. The Kier molecular flexibility index (Phi) is 10.5. The summed E-state index contributed by atoms with van der Waals surface area (Å²) in [6, 6.07) is -0.0923. The normalized spacial score (nSPS) is 22.9. The van der Waals surface area contributed by atoms with E-state index in [1.165, 1.54) is 6.42 Å². The van der Waals surface area contributed by atoms with Crippen molar-refractivity contribution < 1.29 is 9.59 Å². The number of carbonyl (C=O) groups is 2. The van der Waals surface area contributed by atoms with Crippen LogP contribution >= 0.6 is 0 Å². The summed E-state index contributed by atoms with van der Waals surface area (Å²) in [5.41, 5.74) is 1.50. The van der Waals surface area contributed by atoms with Crippen molar-refractivity contribution in [3.05, 3.63) is 23.9 Å². The average Bonchev–Trinajstić information content (AvgIpc) is 2.72. The van der Waals surface area contributed by atoms with E-state index in [1.54, 1.807) is 6.92 Å². The molecular formula is C27H48N2O2. The summed E-state index contributed by atoms with van der Waals surface area (Å²) >= 11 is 0. The van der Waals surface area contributed by atoms with E-state index >= 15 is 0 Å². The van der Waals surface area contributed by atoms with Gasteiger partial charge in [-0.1, -0.05) is 73.5 Å². The highest BCUT2D eigenvalue weighted by molar-refractivity contribution is 5.92. The third kappa shape index (κ3) is 7.50. The summed E-state index contributed by atoms with van der Waals surface area (Å²) in [7, 11) is 2.02. The van der Waals surface area contributed by atoms with Gasteiger partial charge in [-0.25, -0.2) is 0 Å². The highest BCUT2D eigenvalue weighted by Crippen LogP contribution is 2.37. The molecule has 0 spiro atoms. The first-order chi connectivity index (χ1) is 14.3. The molecule has 0 heterocycles. The van der Waals surface area contributed by atoms with E-state index in [9.17, 15) is 9.59 Å². The van der Waals surface area contributed by atoms with Gasteiger partial charge in [0.25, 0.3) is 0 Å². The van der Waals surface area contributed by atoms with E-state index < -0.39 is 0 Å². The summed E-state index contributed by atoms with van der Waals surface area (Å²) in [5, 5.41) is 3.40. The van der Waals surface area contributed by atoms with E-state index in [2.05, 4.69) is 58.3 Å². The number of nitrogens with one attached hydrogen (secondary N) is 1. The van der Waals surface area contributed by atoms with Crippen LogP contribution in [-0.4, -0.2) is 35.7 Å². The minimum absolute atomic E-state index is 0.0701. The maximum atomic E-state index is 13.5. The summed E-state index contributed by atoms with van der Waals surface area (Å²) in [4.78, 5) is 27.4. The number of amides is 1. The summed E-state index contributed by atoms with van der Waals surface area (Å²) in [5.74, 6) is 1.40. The van der Waals surface area contributed by atoms with E-state index in [1.807, 2.05) is 20.0 Å². The van der Waals surface area contributed by atoms with Gasteiger partial charge in [-0.2, -0.15) is 0 Å². The van der Waals surface area contributed by atoms with E-state index in [4.69, 9.17) is 0 Å². The third-order valence-corrected chi connectivity index (χ3v) is 7.38. The predicted molar refractivity (Wildman–Crippen MR) is 132 cm³/mol. The zero-order valence-electron chi connectivity index (χ0n) is 21.7. The molecule has 0 aliphatic heterocycles. The van der Waals surface area contributed by atoms with Gasteiger partial charge in [0.05, 0.1) is 6.04 Å². The zero-order valence-corrected chi connectivity index (χ0v) is 21.7. The molecule has 0 aromatic rings. The number of Topliss-reactive ketones (excluding diaryl/α,β-unsaturated/α-hetero) is 1. The first kappa shape index (κ1) is 27.5. The van der Waals surface area contributed by atoms with Gasteiger partial charge < -0.3 is 10.2 Å². The number of rotatable bonds is 10. The Morgan fingerprint density at radius 3 is 2.19 bits per heavy atom. The van der Waals surface area contributed by atoms with Gasteiger partial charge in [-0.15, -0.1) is 0 Å². The molecule has 0 saturated heterocycles. The van der Waals surface area contributed by atoms with Gasteiger partial charge in [0, 0.05) is 24.7 Å². The lowest BCUT2D eigenvalue weighted by Gasteiger charge is -2.42. The number of ketones is 1. The topological polar surface area (TPSA) is 49.4 Å². The van der Waals surface area contributed by atoms with Crippen LogP contribution in [0.15, 0.2) is 23.9 Å². The van der Waals surface area contributed by atoms with Crippen LogP contribution < -0.4 is 5.32 Å². The summed E-state index contributed by atoms with van der Waals surface area (Å²) in [6.07, 6.45) is 8.51. The lowest BCUT2D eigenvalue weighted by molar-refractivity contribution is -0.130. The largest absolute Gasteiger partial charge is 0.370 e. The van der Waals surface area contributed by atoms with Crippen LogP contribution in [-0.2, 0) is 9.59 Å². The van der Waals surface area contributed by atoms with Crippen molar-refractivity contribution in [2.24, 2.45) is 23.2 Å². The first-order valence-electron chi connectivity index (χ1n) is 12.3. The van der Waals surface area contributed by atoms with Crippen molar-refractivity contribution in [2.45, 2.75) is 106 Å². The maximum Gasteiger partial charge on any atom is 0.223 e. The Labute approximate surface area is 191 Å². The summed E-state index contributed by atoms with van der Waals surface area (Å²) < 4.78 is 0. The van der Waals surface area contributed by atoms with Gasteiger partial charge in [0.2, 0.25) is 5.91 Å². The molecule has 1 N–H and O–H groups in total. The highest BCUT2D eigenvalue weighted by atomic mass is 16.2. The quantitative estimate of drug-likeness (QED) is 0.422. The Morgan fingerprint density at radius 2 is 1.71 bits per heavy atom. The maximum absolute atomic E-state index is 13.5. The summed E-state index contributed by atoms with van der Waals surface area (Å²) in [6.45, 7) is 21.0. The van der Waals surface area contributed by atoms with Crippen molar-refractivity contribution >= 4 is 11.7 Å². The Morgan fingerprint density at radius 1 is 1.13 bits per heavy atom. The molecule has 1 amide bonds. The highest BCUT2D eigenvalue weighted by Gasteiger charge is 2.38. The monoisotopic (exact) mass is 432 g/mol. The number of hydrogen-bond acceptors (Lipinski definition) is 3. The molecule has 1 aliphatic rings. The van der Waals surface area contributed by atoms with Gasteiger partial charge in [-0.05, 0) is 55.9 Å². The van der Waals surface area contributed by atoms with E-state index in [-0.39, 0.29) is 35.1 Å². The van der Waals surface area contributed by atoms with Gasteiger partial charge in [0.1, 0.15) is 0 Å². The molecule has 0 bridgehead atoms. The van der Waals surface area contributed by atoms with Crippen molar-refractivity contribution in [3.63, 3.8) is 0 Å². The van der Waals surface area contributed by atoms with Crippen molar-refractivity contribution in [1.29, 1.82) is 0 Å². The number of hydrogen-bond donors (Lipinski definition) is 1. The average molecular weight is 433 g/mol. The molecule has 0 aromatic heterocycles. The van der Waals surface area contributed by atoms with Crippen molar-refractivity contribution in [2.75, 3.05) is 7.05 Å². The number of nitrogens with zero attached hydrogens (tertiary/aromatic N) is 1. The predicted octanol–water partition coefficient (Wildman–Crippen LogP) is 6.13. The Hall–Kier alpha value is -1.58. The molecule has 4 heteroatoms. The first-order valence-corrected chi connectivity index (χ1v) is 12.3. The smallest absolute Gasteiger partial charge is 0.223 e. The number of likely N-dealkylation sites (N-methyl/N-ethyl adjacent to an activating group) is 1. The third-order valence-electron chi connectivity index (χ3n) is 7.38. The second-order valence-electron chi connectivity index (χ2n) is 10.7. The SMILES string of the molecule is C=C(C(NC(=O)C1CCCCC1C(C)CC)C(C)(C)C)N(C)[C@H](/C=C(\C)C(C)=O)CC. The number of carbonyl (C=O) groups excluding carboxylic acids is 2. The van der Waals surface area contributed by atoms with Crippen LogP contribution in [0.1, 0.15) is 93.9 Å². The lowest BCUT2D eigenvalue weighted by atomic mass is 9.71. The van der Waals surface area contributed by atoms with Crippen LogP contribution in [0.2, 0.25) is 0 Å². The van der Waals surface area contributed by atoms with Gasteiger partial charge in [0.15, 0.2) is 5.78 Å². The molecule has 4 nitrogen and oxygen atoms in total. The lowest BCUT2D eigenvalue weighted by Crippen LogP contribution is -2.52. The van der Waals surface area contributed by atoms with Gasteiger partial charge >= 0.3 is 0 Å². The molecule has 0 aromatic carbocycles. The van der Waals surface area contributed by atoms with Crippen molar-refractivity contribution in [3.8, 4) is 0 Å². The van der Waals surface area contributed by atoms with Crippen molar-refractivity contribution in [1.82, 2.24) is 10.2 Å². The molecule has 31 heavy (non-hydrogen) atoms. The van der Waals surface area contributed by atoms with Crippen LogP contribution in [0, 0.1) is 23.2 Å². The standard InChI is InChI=1S/C27H48N2O2/c1-11-18(3)23-15-13-14-16-24(23)26(31)28-25(27(7,8)9)20(5)29(10)22(12-2)17-19(4)21(6)30/h17-18,22-25H,5,11-16H2,1-4,6-10H3,(H,28,31)/b19-17+/t18?,22-,23?,24?,25?/m0/s1. The van der Waals surface area contributed by atoms with Crippen LogP contribution in [0.4, 0.5) is 0 Å². The Bertz CT molecular complexity index is 659. The number of allylic oxidation sites excluding steroid dienone is 1. The second-order valence-corrected chi connectivity index (χ2v) is 10.7. The Balaban J connectivity index is 3.10. The molecule has 1 saturated carbocycles. The van der Waals surface area contributed by atoms with Gasteiger partial charge in [-0.3, -0.25) is 9.59 Å². The molecule has 178 valence electrons. The van der Waals surface area contributed by atoms with E-state index in [0.29, 0.717) is 11.8 Å². The fraction of sp³-hybridized carbons (Fsp3) is 0.778. The fourth-order valence-corrected chi connectivity index (χ4v) is 4.84. The fourth-order valence-electron chi connectivity index (χ4n) is 4.84. The minimum Gasteiger partial charge on any atom is -0.370 e. The zero-order chi connectivity index (χ0) is 23.9. The van der Waals surface area contributed by atoms with Crippen LogP contribution in [0.3, 0.4) is 0 Å². The molecular weight excluding hydrogens is 384 g/mol. The molecule has 1 rings (SSSR count). The molecule has 1 aliphatic carbocycles. The second kappa shape index (κ2) is 11.9. The molecule has 1 fully saturated rings. The van der Waals surface area contributed by atoms with Crippen LogP contribution in [0.25, 0.3) is 0 Å². The van der Waals surface area contributed by atoms with Crippen LogP contribution in [0.5, 0.6) is 0 Å². The van der Waals surface area contributed by atoms with E-state index in [0.717, 1.165) is 43.4 Å².